The molecule has 1 amide bonds. The van der Waals surface area contributed by atoms with Gasteiger partial charge in [-0.25, -0.2) is 9.18 Å². The van der Waals surface area contributed by atoms with Crippen molar-refractivity contribution in [2.75, 3.05) is 0 Å². The monoisotopic (exact) mass is 267 g/mol. The lowest BCUT2D eigenvalue weighted by atomic mass is 10.2. The van der Waals surface area contributed by atoms with E-state index in [1.807, 2.05) is 0 Å². The Hall–Kier alpha value is -1.95. The molecule has 1 heterocycles. The molecular weight excluding hydrogens is 253 g/mol. The molecule has 1 aromatic carbocycles. The lowest BCUT2D eigenvalue weighted by Crippen LogP contribution is -2.35. The van der Waals surface area contributed by atoms with Gasteiger partial charge in [-0.3, -0.25) is 4.79 Å². The van der Waals surface area contributed by atoms with Crippen LogP contribution in [0.5, 0.6) is 0 Å². The molecule has 0 radical (unpaired) electrons. The number of carboxylic acid groups (broad SMARTS) is 1. The molecule has 0 aromatic heterocycles. The molecule has 1 fully saturated rings. The third-order valence-corrected chi connectivity index (χ3v) is 2.94. The number of hydrogen-bond acceptors (Lipinski definition) is 3. The van der Waals surface area contributed by atoms with Crippen LogP contribution in [0.3, 0.4) is 0 Å². The first-order valence-corrected chi connectivity index (χ1v) is 5.96. The van der Waals surface area contributed by atoms with Crippen molar-refractivity contribution in [1.29, 1.82) is 0 Å². The Balaban J connectivity index is 1.84. The van der Waals surface area contributed by atoms with Crippen LogP contribution in [0.2, 0.25) is 0 Å². The number of aliphatic carboxylic acids is 1. The number of hydrogen-bond donors (Lipinski definition) is 2. The zero-order valence-corrected chi connectivity index (χ0v) is 10.1. The molecule has 102 valence electrons. The van der Waals surface area contributed by atoms with Crippen LogP contribution < -0.4 is 5.32 Å². The fraction of sp³-hybridized carbons (Fsp3) is 0.385. The zero-order chi connectivity index (χ0) is 13.8. The van der Waals surface area contributed by atoms with Crippen LogP contribution in [-0.2, 0) is 20.9 Å². The maximum absolute atomic E-state index is 12.9. The summed E-state index contributed by atoms with van der Waals surface area (Å²) in [4.78, 5) is 22.4. The van der Waals surface area contributed by atoms with Crippen LogP contribution in [0.1, 0.15) is 18.4 Å². The first-order valence-electron chi connectivity index (χ1n) is 5.96. The topological polar surface area (TPSA) is 75.6 Å². The molecule has 1 saturated heterocycles. The molecule has 2 rings (SSSR count). The number of amides is 1. The Morgan fingerprint density at radius 3 is 2.74 bits per heavy atom. The highest BCUT2D eigenvalue weighted by molar-refractivity contribution is 5.82. The number of ether oxygens (including phenoxy) is 1. The van der Waals surface area contributed by atoms with Gasteiger partial charge in [0.05, 0.1) is 0 Å². The van der Waals surface area contributed by atoms with Crippen LogP contribution in [0.15, 0.2) is 24.3 Å². The van der Waals surface area contributed by atoms with Gasteiger partial charge < -0.3 is 15.2 Å². The molecule has 1 aromatic rings. The van der Waals surface area contributed by atoms with E-state index in [-0.39, 0.29) is 18.3 Å². The molecule has 1 aliphatic heterocycles. The first-order chi connectivity index (χ1) is 9.06. The number of carbonyl (C=O) groups excluding carboxylic acids is 1. The van der Waals surface area contributed by atoms with Crippen molar-refractivity contribution in [2.24, 2.45) is 0 Å². The maximum Gasteiger partial charge on any atom is 0.332 e. The van der Waals surface area contributed by atoms with Crippen LogP contribution in [-0.4, -0.2) is 29.2 Å². The van der Waals surface area contributed by atoms with Gasteiger partial charge in [-0.2, -0.15) is 0 Å². The van der Waals surface area contributed by atoms with Crippen molar-refractivity contribution in [2.45, 2.75) is 31.6 Å². The fourth-order valence-electron chi connectivity index (χ4n) is 1.96. The molecule has 1 aliphatic rings. The van der Waals surface area contributed by atoms with Gasteiger partial charge in [0.25, 0.3) is 0 Å². The van der Waals surface area contributed by atoms with Crippen molar-refractivity contribution in [1.82, 2.24) is 5.32 Å². The average Bonchev–Trinajstić information content (AvgIpc) is 2.86. The molecule has 2 atom stereocenters. The highest BCUT2D eigenvalue weighted by Gasteiger charge is 2.34. The highest BCUT2D eigenvalue weighted by Crippen LogP contribution is 2.20. The van der Waals surface area contributed by atoms with Gasteiger partial charge in [0.15, 0.2) is 6.10 Å². The third kappa shape index (κ3) is 3.51. The summed E-state index contributed by atoms with van der Waals surface area (Å²) in [6, 6.07) is 5.90. The second-order valence-corrected chi connectivity index (χ2v) is 4.38. The average molecular weight is 267 g/mol. The largest absolute Gasteiger partial charge is 0.479 e. The Kier molecular flexibility index (Phi) is 4.11. The minimum Gasteiger partial charge on any atom is -0.479 e. The number of halogens is 1. The van der Waals surface area contributed by atoms with Crippen LogP contribution >= 0.6 is 0 Å². The van der Waals surface area contributed by atoms with Gasteiger partial charge in [-0.05, 0) is 30.5 Å². The van der Waals surface area contributed by atoms with E-state index >= 15 is 0 Å². The summed E-state index contributed by atoms with van der Waals surface area (Å²) in [7, 11) is 0. The van der Waals surface area contributed by atoms with E-state index in [1.54, 1.807) is 12.1 Å². The summed E-state index contributed by atoms with van der Waals surface area (Å²) in [6.07, 6.45) is -0.945. The van der Waals surface area contributed by atoms with E-state index in [1.165, 1.54) is 12.1 Å². The number of rotatable bonds is 4. The third-order valence-electron chi connectivity index (χ3n) is 2.94. The van der Waals surface area contributed by atoms with Crippen molar-refractivity contribution >= 4 is 11.9 Å². The van der Waals surface area contributed by atoms with E-state index in [2.05, 4.69) is 5.32 Å². The summed E-state index contributed by atoms with van der Waals surface area (Å²) >= 11 is 0. The highest BCUT2D eigenvalue weighted by atomic mass is 19.1. The lowest BCUT2D eigenvalue weighted by Gasteiger charge is -2.11. The number of benzene rings is 1. The molecule has 5 nitrogen and oxygen atoms in total. The lowest BCUT2D eigenvalue weighted by molar-refractivity contribution is -0.151. The second kappa shape index (κ2) is 5.79. The maximum atomic E-state index is 12.9. The van der Waals surface area contributed by atoms with E-state index in [4.69, 9.17) is 9.84 Å². The van der Waals surface area contributed by atoms with Gasteiger partial charge in [0.2, 0.25) is 5.91 Å². The van der Waals surface area contributed by atoms with Crippen LogP contribution in [0, 0.1) is 5.82 Å². The Morgan fingerprint density at radius 2 is 2.11 bits per heavy atom. The first kappa shape index (κ1) is 13.5. The second-order valence-electron chi connectivity index (χ2n) is 4.38. The molecule has 0 aliphatic carbocycles. The van der Waals surface area contributed by atoms with E-state index in [9.17, 15) is 14.0 Å². The van der Waals surface area contributed by atoms with Gasteiger partial charge in [-0.1, -0.05) is 12.1 Å². The number of nitrogens with one attached hydrogen (secondary N) is 1. The fourth-order valence-corrected chi connectivity index (χ4v) is 1.96. The minimum atomic E-state index is -1.06. The Labute approximate surface area is 109 Å². The smallest absolute Gasteiger partial charge is 0.332 e. The quantitative estimate of drug-likeness (QED) is 0.855. The predicted molar refractivity (Wildman–Crippen MR) is 63.8 cm³/mol. The van der Waals surface area contributed by atoms with Gasteiger partial charge >= 0.3 is 5.97 Å². The van der Waals surface area contributed by atoms with Crippen molar-refractivity contribution in [3.8, 4) is 0 Å². The number of carbonyl (C=O) groups is 2. The Morgan fingerprint density at radius 1 is 1.37 bits per heavy atom. The molecule has 0 spiro atoms. The molecule has 6 heteroatoms. The van der Waals surface area contributed by atoms with E-state index in [0.29, 0.717) is 18.4 Å². The van der Waals surface area contributed by atoms with Gasteiger partial charge in [0.1, 0.15) is 11.9 Å². The zero-order valence-electron chi connectivity index (χ0n) is 10.1. The van der Waals surface area contributed by atoms with Crippen molar-refractivity contribution in [3.63, 3.8) is 0 Å². The SMILES string of the molecule is O=C(NCc1cccc(F)c1)[C@@H]1CC[C@H](C(=O)O)O1. The molecular formula is C13H14FNO4. The molecule has 0 bridgehead atoms. The van der Waals surface area contributed by atoms with Crippen molar-refractivity contribution < 1.29 is 23.8 Å². The standard InChI is InChI=1S/C13H14FNO4/c14-9-3-1-2-8(6-9)7-15-12(16)10-4-5-11(19-10)13(17)18/h1-3,6,10-11H,4-5,7H2,(H,15,16)(H,17,18)/t10-,11+/m0/s1. The molecule has 0 unspecified atom stereocenters. The predicted octanol–water partition coefficient (Wildman–Crippen LogP) is 1.07. The molecule has 19 heavy (non-hydrogen) atoms. The summed E-state index contributed by atoms with van der Waals surface area (Å²) in [6.45, 7) is 0.189. The minimum absolute atomic E-state index is 0.189. The van der Waals surface area contributed by atoms with Crippen LogP contribution in [0.4, 0.5) is 4.39 Å². The Bertz CT molecular complexity index is 491. The van der Waals surface area contributed by atoms with Crippen molar-refractivity contribution in [3.05, 3.63) is 35.6 Å². The normalized spacial score (nSPS) is 22.2. The molecule has 2 N–H and O–H groups in total. The summed E-state index contributed by atoms with van der Waals surface area (Å²) in [5, 5.41) is 11.4. The van der Waals surface area contributed by atoms with Gasteiger partial charge in [-0.15, -0.1) is 0 Å². The summed E-state index contributed by atoms with van der Waals surface area (Å²) in [5.74, 6) is -1.79. The van der Waals surface area contributed by atoms with Gasteiger partial charge in [0, 0.05) is 6.54 Å². The van der Waals surface area contributed by atoms with E-state index < -0.39 is 18.2 Å². The number of carboxylic acids is 1. The van der Waals surface area contributed by atoms with Crippen LogP contribution in [0.25, 0.3) is 0 Å². The van der Waals surface area contributed by atoms with E-state index in [0.717, 1.165) is 0 Å². The summed E-state index contributed by atoms with van der Waals surface area (Å²) < 4.78 is 18.0. The summed E-state index contributed by atoms with van der Waals surface area (Å²) in [5.41, 5.74) is 0.640. The molecule has 0 saturated carbocycles.